The van der Waals surface area contributed by atoms with Gasteiger partial charge < -0.3 is 9.64 Å². The molecule has 0 aliphatic carbocycles. The average molecular weight is 390 g/mol. The zero-order valence-corrected chi connectivity index (χ0v) is 15.6. The number of piperazine rings is 1. The smallest absolute Gasteiger partial charge is 0.410 e. The highest BCUT2D eigenvalue weighted by Crippen LogP contribution is 2.27. The number of carbonyl (C=O) groups is 1. The summed E-state index contributed by atoms with van der Waals surface area (Å²) in [5.41, 5.74) is 0.720. The molecule has 122 valence electrons. The van der Waals surface area contributed by atoms with Gasteiger partial charge in [-0.3, -0.25) is 4.90 Å². The van der Waals surface area contributed by atoms with Crippen molar-refractivity contribution in [1.82, 2.24) is 9.80 Å². The highest BCUT2D eigenvalue weighted by Gasteiger charge is 2.26. The fraction of sp³-hybridized carbons (Fsp3) is 0.562. The van der Waals surface area contributed by atoms with Crippen molar-refractivity contribution >= 4 is 33.6 Å². The van der Waals surface area contributed by atoms with Crippen molar-refractivity contribution in [3.05, 3.63) is 33.3 Å². The quantitative estimate of drug-likeness (QED) is 0.761. The van der Waals surface area contributed by atoms with Crippen LogP contribution in [0.1, 0.15) is 26.3 Å². The standard InChI is InChI=1S/C16H22BrClN2O2/c1-16(2,3)22-15(21)20-9-7-19(8-10-20)11-12-5-4-6-13(18)14(12)17/h4-6H,7-11H2,1-3H3. The predicted molar refractivity (Wildman–Crippen MR) is 92.2 cm³/mol. The van der Waals surface area contributed by atoms with Gasteiger partial charge in [0.1, 0.15) is 5.60 Å². The van der Waals surface area contributed by atoms with Crippen molar-refractivity contribution in [3.63, 3.8) is 0 Å². The van der Waals surface area contributed by atoms with E-state index in [9.17, 15) is 4.79 Å². The van der Waals surface area contributed by atoms with E-state index in [1.54, 1.807) is 4.90 Å². The van der Waals surface area contributed by atoms with Gasteiger partial charge in [-0.1, -0.05) is 23.7 Å². The molecule has 0 bridgehead atoms. The Morgan fingerprint density at radius 3 is 2.50 bits per heavy atom. The third kappa shape index (κ3) is 4.86. The third-order valence-corrected chi connectivity index (χ3v) is 4.93. The molecule has 6 heteroatoms. The third-order valence-electron chi connectivity index (χ3n) is 3.45. The van der Waals surface area contributed by atoms with Crippen LogP contribution in [0.5, 0.6) is 0 Å². The second-order valence-corrected chi connectivity index (χ2v) is 7.66. The van der Waals surface area contributed by atoms with Crippen LogP contribution < -0.4 is 0 Å². The molecule has 0 spiro atoms. The van der Waals surface area contributed by atoms with E-state index < -0.39 is 5.60 Å². The lowest BCUT2D eigenvalue weighted by Crippen LogP contribution is -2.49. The number of hydrogen-bond acceptors (Lipinski definition) is 3. The number of hydrogen-bond donors (Lipinski definition) is 0. The molecule has 1 fully saturated rings. The molecule has 0 saturated carbocycles. The molecule has 2 rings (SSSR count). The minimum absolute atomic E-state index is 0.226. The van der Waals surface area contributed by atoms with Gasteiger partial charge in [0.2, 0.25) is 0 Å². The van der Waals surface area contributed by atoms with Gasteiger partial charge in [0.05, 0.1) is 5.02 Å². The molecule has 1 amide bonds. The van der Waals surface area contributed by atoms with Gasteiger partial charge in [0, 0.05) is 37.2 Å². The van der Waals surface area contributed by atoms with Gasteiger partial charge in [0.15, 0.2) is 0 Å². The summed E-state index contributed by atoms with van der Waals surface area (Å²) in [4.78, 5) is 16.1. The van der Waals surface area contributed by atoms with Crippen LogP contribution in [0.25, 0.3) is 0 Å². The van der Waals surface area contributed by atoms with Crippen molar-refractivity contribution in [3.8, 4) is 0 Å². The minimum Gasteiger partial charge on any atom is -0.444 e. The highest BCUT2D eigenvalue weighted by molar-refractivity contribution is 9.10. The summed E-state index contributed by atoms with van der Waals surface area (Å²) >= 11 is 9.65. The lowest BCUT2D eigenvalue weighted by molar-refractivity contribution is 0.0139. The zero-order valence-electron chi connectivity index (χ0n) is 13.2. The molecule has 1 aromatic rings. The summed E-state index contributed by atoms with van der Waals surface area (Å²) in [5, 5.41) is 0.727. The molecule has 22 heavy (non-hydrogen) atoms. The zero-order chi connectivity index (χ0) is 16.3. The molecular formula is C16H22BrClN2O2. The lowest BCUT2D eigenvalue weighted by atomic mass is 10.2. The van der Waals surface area contributed by atoms with E-state index >= 15 is 0 Å². The first-order valence-electron chi connectivity index (χ1n) is 7.39. The summed E-state index contributed by atoms with van der Waals surface area (Å²) in [6.07, 6.45) is -0.226. The topological polar surface area (TPSA) is 32.8 Å². The minimum atomic E-state index is -0.445. The van der Waals surface area contributed by atoms with Gasteiger partial charge >= 0.3 is 6.09 Å². The van der Waals surface area contributed by atoms with E-state index in [1.807, 2.05) is 32.9 Å². The Morgan fingerprint density at radius 2 is 1.91 bits per heavy atom. The van der Waals surface area contributed by atoms with Crippen LogP contribution in [0, 0.1) is 0 Å². The average Bonchev–Trinajstić information content (AvgIpc) is 2.43. The molecule has 0 aromatic heterocycles. The molecule has 4 nitrogen and oxygen atoms in total. The SMILES string of the molecule is CC(C)(C)OC(=O)N1CCN(Cc2cccc(Cl)c2Br)CC1. The molecule has 1 aliphatic rings. The fourth-order valence-corrected chi connectivity index (χ4v) is 2.91. The Kier molecular flexibility index (Phi) is 5.75. The summed E-state index contributed by atoms with van der Waals surface area (Å²) in [5.74, 6) is 0. The largest absolute Gasteiger partial charge is 0.444 e. The van der Waals surface area contributed by atoms with Crippen LogP contribution in [-0.4, -0.2) is 47.7 Å². The molecule has 1 saturated heterocycles. The molecule has 0 unspecified atom stereocenters. The number of carbonyl (C=O) groups excluding carboxylic acids is 1. The van der Waals surface area contributed by atoms with E-state index in [1.165, 1.54) is 5.56 Å². The van der Waals surface area contributed by atoms with Crippen LogP contribution in [-0.2, 0) is 11.3 Å². The maximum absolute atomic E-state index is 12.0. The van der Waals surface area contributed by atoms with Crippen molar-refractivity contribution in [2.24, 2.45) is 0 Å². The fourth-order valence-electron chi connectivity index (χ4n) is 2.33. The van der Waals surface area contributed by atoms with Gasteiger partial charge in [-0.15, -0.1) is 0 Å². The maximum Gasteiger partial charge on any atom is 0.410 e. The normalized spacial score (nSPS) is 16.7. The van der Waals surface area contributed by atoms with E-state index in [-0.39, 0.29) is 6.09 Å². The van der Waals surface area contributed by atoms with Gasteiger partial charge in [-0.25, -0.2) is 4.79 Å². The summed E-state index contributed by atoms with van der Waals surface area (Å²) in [6.45, 7) is 9.52. The van der Waals surface area contributed by atoms with Crippen molar-refractivity contribution in [1.29, 1.82) is 0 Å². The van der Waals surface area contributed by atoms with Crippen molar-refractivity contribution in [2.75, 3.05) is 26.2 Å². The summed E-state index contributed by atoms with van der Waals surface area (Å²) in [7, 11) is 0. The first-order chi connectivity index (χ1) is 10.3. The van der Waals surface area contributed by atoms with E-state index in [2.05, 4.69) is 26.9 Å². The molecule has 1 heterocycles. The number of ether oxygens (including phenoxy) is 1. The van der Waals surface area contributed by atoms with Crippen molar-refractivity contribution < 1.29 is 9.53 Å². The van der Waals surface area contributed by atoms with Crippen LogP contribution in [0.2, 0.25) is 5.02 Å². The van der Waals surface area contributed by atoms with E-state index in [0.717, 1.165) is 29.1 Å². The maximum atomic E-state index is 12.0. The predicted octanol–water partition coefficient (Wildman–Crippen LogP) is 4.16. The first-order valence-corrected chi connectivity index (χ1v) is 8.56. The van der Waals surface area contributed by atoms with Crippen LogP contribution in [0.3, 0.4) is 0 Å². The second kappa shape index (κ2) is 7.20. The van der Waals surface area contributed by atoms with E-state index in [0.29, 0.717) is 13.1 Å². The van der Waals surface area contributed by atoms with Gasteiger partial charge in [0.25, 0.3) is 0 Å². The molecule has 0 atom stereocenters. The number of nitrogens with zero attached hydrogens (tertiary/aromatic N) is 2. The Morgan fingerprint density at radius 1 is 1.27 bits per heavy atom. The van der Waals surface area contributed by atoms with Crippen LogP contribution in [0.4, 0.5) is 4.79 Å². The first kappa shape index (κ1) is 17.6. The summed E-state index contributed by atoms with van der Waals surface area (Å²) in [6, 6.07) is 5.89. The van der Waals surface area contributed by atoms with Crippen LogP contribution in [0.15, 0.2) is 22.7 Å². The van der Waals surface area contributed by atoms with Crippen LogP contribution >= 0.6 is 27.5 Å². The molecule has 0 radical (unpaired) electrons. The van der Waals surface area contributed by atoms with Gasteiger partial charge in [-0.05, 0) is 48.3 Å². The number of rotatable bonds is 2. The molecule has 1 aliphatic heterocycles. The Bertz CT molecular complexity index is 537. The molecule has 1 aromatic carbocycles. The lowest BCUT2D eigenvalue weighted by Gasteiger charge is -2.35. The molecular weight excluding hydrogens is 368 g/mol. The number of halogens is 2. The summed E-state index contributed by atoms with van der Waals surface area (Å²) < 4.78 is 6.36. The number of amides is 1. The van der Waals surface area contributed by atoms with E-state index in [4.69, 9.17) is 16.3 Å². The van der Waals surface area contributed by atoms with Crippen molar-refractivity contribution in [2.45, 2.75) is 32.9 Å². The number of benzene rings is 1. The molecule has 0 N–H and O–H groups in total. The Balaban J connectivity index is 1.87. The second-order valence-electron chi connectivity index (χ2n) is 6.46. The Labute approximate surface area is 145 Å². The van der Waals surface area contributed by atoms with Gasteiger partial charge in [-0.2, -0.15) is 0 Å². The highest BCUT2D eigenvalue weighted by atomic mass is 79.9. The Hall–Kier alpha value is -0.780. The monoisotopic (exact) mass is 388 g/mol.